The zero-order chi connectivity index (χ0) is 14.0. The Labute approximate surface area is 109 Å². The smallest absolute Gasteiger partial charge is 0.244 e. The summed E-state index contributed by atoms with van der Waals surface area (Å²) in [5.41, 5.74) is -1.41. The molecule has 0 bridgehead atoms. The predicted molar refractivity (Wildman–Crippen MR) is 63.4 cm³/mol. The van der Waals surface area contributed by atoms with Crippen LogP contribution >= 0.6 is 11.8 Å². The lowest BCUT2D eigenvalue weighted by Gasteiger charge is -2.11. The van der Waals surface area contributed by atoms with Crippen molar-refractivity contribution in [1.29, 1.82) is 0 Å². The molecule has 0 saturated carbocycles. The van der Waals surface area contributed by atoms with Gasteiger partial charge in [-0.15, -0.1) is 11.8 Å². The van der Waals surface area contributed by atoms with Crippen LogP contribution in [0.4, 0.5) is 13.2 Å². The van der Waals surface area contributed by atoms with Gasteiger partial charge in [0.15, 0.2) is 5.82 Å². The van der Waals surface area contributed by atoms with Gasteiger partial charge in [0.25, 0.3) is 0 Å². The molecule has 0 aromatic carbocycles. The third-order valence-corrected chi connectivity index (χ3v) is 3.09. The Kier molecular flexibility index (Phi) is 3.65. The van der Waals surface area contributed by atoms with E-state index in [9.17, 15) is 18.0 Å². The van der Waals surface area contributed by atoms with Gasteiger partial charge in [-0.25, -0.2) is 19.6 Å². The molecule has 19 heavy (non-hydrogen) atoms. The van der Waals surface area contributed by atoms with Crippen molar-refractivity contribution in [3.05, 3.63) is 34.6 Å². The Morgan fingerprint density at radius 3 is 2.68 bits per heavy atom. The lowest BCUT2D eigenvalue weighted by molar-refractivity contribution is -0.138. The summed E-state index contributed by atoms with van der Waals surface area (Å²) < 4.78 is 39.1. The Bertz CT molecular complexity index is 634. The van der Waals surface area contributed by atoms with Crippen LogP contribution in [0.1, 0.15) is 12.5 Å². The van der Waals surface area contributed by atoms with Gasteiger partial charge in [0.2, 0.25) is 0 Å². The van der Waals surface area contributed by atoms with Crippen molar-refractivity contribution in [2.75, 3.05) is 5.75 Å². The Hall–Kier alpha value is -1.77. The zero-order valence-electron chi connectivity index (χ0n) is 9.73. The van der Waals surface area contributed by atoms with Gasteiger partial charge in [-0.1, -0.05) is 6.92 Å². The quantitative estimate of drug-likeness (QED) is 0.879. The van der Waals surface area contributed by atoms with E-state index in [0.29, 0.717) is 10.6 Å². The highest BCUT2D eigenvalue weighted by atomic mass is 32.2. The number of thioether (sulfide) groups is 1. The first kappa shape index (κ1) is 13.7. The number of nitrogens with zero attached hydrogens (tertiary/aromatic N) is 3. The van der Waals surface area contributed by atoms with E-state index in [-0.39, 0.29) is 5.82 Å². The number of halogens is 3. The highest BCUT2D eigenvalue weighted by Crippen LogP contribution is 2.33. The molecule has 0 fully saturated rings. The van der Waals surface area contributed by atoms with Crippen LogP contribution in [0.25, 0.3) is 5.82 Å². The van der Waals surface area contributed by atoms with E-state index >= 15 is 0 Å². The second-order valence-corrected chi connectivity index (χ2v) is 4.81. The lowest BCUT2D eigenvalue weighted by Crippen LogP contribution is -2.10. The Morgan fingerprint density at radius 1 is 1.42 bits per heavy atom. The molecule has 0 atom stereocenters. The van der Waals surface area contributed by atoms with Crippen LogP contribution in [-0.2, 0) is 6.18 Å². The number of hydrogen-bond donors (Lipinski definition) is 1. The van der Waals surface area contributed by atoms with Gasteiger partial charge in [-0.3, -0.25) is 0 Å². The van der Waals surface area contributed by atoms with Crippen LogP contribution in [0.15, 0.2) is 28.3 Å². The van der Waals surface area contributed by atoms with Crippen molar-refractivity contribution >= 4 is 11.8 Å². The molecule has 2 aromatic heterocycles. The molecule has 2 aromatic rings. The van der Waals surface area contributed by atoms with Gasteiger partial charge in [0.05, 0.1) is 10.5 Å². The van der Waals surface area contributed by atoms with Crippen molar-refractivity contribution in [3.63, 3.8) is 0 Å². The Balaban J connectivity index is 2.52. The molecule has 0 radical (unpaired) electrons. The molecule has 2 heterocycles. The fourth-order valence-corrected chi connectivity index (χ4v) is 2.22. The molecule has 5 nitrogen and oxygen atoms in total. The molecule has 0 aliphatic rings. The van der Waals surface area contributed by atoms with Gasteiger partial charge in [-0.2, -0.15) is 18.2 Å². The second-order valence-electron chi connectivity index (χ2n) is 3.51. The summed E-state index contributed by atoms with van der Waals surface area (Å²) in [7, 11) is 0. The number of hydrogen-bond acceptors (Lipinski definition) is 4. The molecule has 2 rings (SSSR count). The predicted octanol–water partition coefficient (Wildman–Crippen LogP) is 2.09. The van der Waals surface area contributed by atoms with Crippen molar-refractivity contribution in [2.24, 2.45) is 0 Å². The van der Waals surface area contributed by atoms with E-state index in [1.807, 2.05) is 6.92 Å². The standard InChI is InChI=1S/C10H9F3N4OS/c1-2-19-7-3-6(10(11,12)13)4-14-8(7)17-5-15-9(18)16-17/h3-5H,2H2,1H3,(H,16,18). The molecule has 9 heteroatoms. The van der Waals surface area contributed by atoms with E-state index in [1.165, 1.54) is 22.8 Å². The van der Waals surface area contributed by atoms with E-state index in [2.05, 4.69) is 15.1 Å². The first-order chi connectivity index (χ1) is 8.91. The van der Waals surface area contributed by atoms with Crippen LogP contribution in [-0.4, -0.2) is 25.5 Å². The van der Waals surface area contributed by atoms with Gasteiger partial charge in [0.1, 0.15) is 6.33 Å². The molecule has 102 valence electrons. The number of rotatable bonds is 3. The topological polar surface area (TPSA) is 63.6 Å². The minimum atomic E-state index is -4.45. The van der Waals surface area contributed by atoms with Crippen LogP contribution in [0, 0.1) is 0 Å². The molecule has 0 aliphatic carbocycles. The maximum atomic E-state index is 12.6. The van der Waals surface area contributed by atoms with Crippen LogP contribution in [0.2, 0.25) is 0 Å². The second kappa shape index (κ2) is 5.08. The molecule has 0 saturated heterocycles. The fourth-order valence-electron chi connectivity index (χ4n) is 1.41. The summed E-state index contributed by atoms with van der Waals surface area (Å²) in [5, 5.41) is 2.34. The summed E-state index contributed by atoms with van der Waals surface area (Å²) >= 11 is 1.20. The summed E-state index contributed by atoms with van der Waals surface area (Å²) in [6, 6.07) is 1.01. The number of nitrogens with one attached hydrogen (secondary N) is 1. The van der Waals surface area contributed by atoms with Crippen LogP contribution in [0.3, 0.4) is 0 Å². The molecule has 0 spiro atoms. The largest absolute Gasteiger partial charge is 0.417 e. The molecule has 1 N–H and O–H groups in total. The lowest BCUT2D eigenvalue weighted by atomic mass is 10.3. The van der Waals surface area contributed by atoms with Crippen molar-refractivity contribution in [3.8, 4) is 5.82 Å². The monoisotopic (exact) mass is 290 g/mol. The normalized spacial score (nSPS) is 11.8. The highest BCUT2D eigenvalue weighted by molar-refractivity contribution is 7.99. The average Bonchev–Trinajstić information content (AvgIpc) is 2.75. The number of H-pyrrole nitrogens is 1. The summed E-state index contributed by atoms with van der Waals surface area (Å²) in [4.78, 5) is 18.5. The third kappa shape index (κ3) is 2.98. The Morgan fingerprint density at radius 2 is 2.16 bits per heavy atom. The minimum absolute atomic E-state index is 0.217. The van der Waals surface area contributed by atoms with Gasteiger partial charge in [-0.05, 0) is 11.8 Å². The SMILES string of the molecule is CCSc1cc(C(F)(F)F)cnc1-n1cnc(=O)[nH]1. The first-order valence-electron chi connectivity index (χ1n) is 5.26. The number of aromatic nitrogens is 4. The summed E-state index contributed by atoms with van der Waals surface area (Å²) in [6.45, 7) is 1.81. The summed E-state index contributed by atoms with van der Waals surface area (Å²) in [6.07, 6.45) is -2.54. The van der Waals surface area contributed by atoms with Gasteiger partial charge >= 0.3 is 11.9 Å². The van der Waals surface area contributed by atoms with Crippen molar-refractivity contribution in [1.82, 2.24) is 19.7 Å². The van der Waals surface area contributed by atoms with Crippen molar-refractivity contribution in [2.45, 2.75) is 18.0 Å². The molecule has 0 unspecified atom stereocenters. The maximum absolute atomic E-state index is 12.6. The minimum Gasteiger partial charge on any atom is -0.244 e. The van der Waals surface area contributed by atoms with Gasteiger partial charge in [0, 0.05) is 6.20 Å². The fraction of sp³-hybridized carbons (Fsp3) is 0.300. The zero-order valence-corrected chi connectivity index (χ0v) is 10.5. The van der Waals surface area contributed by atoms with Gasteiger partial charge < -0.3 is 0 Å². The van der Waals surface area contributed by atoms with E-state index in [0.717, 1.165) is 12.3 Å². The van der Waals surface area contributed by atoms with Crippen molar-refractivity contribution < 1.29 is 13.2 Å². The molecule has 0 amide bonds. The number of pyridine rings is 1. The average molecular weight is 290 g/mol. The summed E-state index contributed by atoms with van der Waals surface area (Å²) in [5.74, 6) is 0.795. The van der Waals surface area contributed by atoms with Crippen LogP contribution < -0.4 is 5.69 Å². The first-order valence-corrected chi connectivity index (χ1v) is 6.24. The number of aromatic amines is 1. The molecule has 0 aliphatic heterocycles. The maximum Gasteiger partial charge on any atom is 0.417 e. The van der Waals surface area contributed by atoms with E-state index in [4.69, 9.17) is 0 Å². The van der Waals surface area contributed by atoms with E-state index < -0.39 is 17.4 Å². The van der Waals surface area contributed by atoms with E-state index in [1.54, 1.807) is 0 Å². The van der Waals surface area contributed by atoms with Crippen LogP contribution in [0.5, 0.6) is 0 Å². The highest BCUT2D eigenvalue weighted by Gasteiger charge is 2.31. The third-order valence-electron chi connectivity index (χ3n) is 2.19. The molecular weight excluding hydrogens is 281 g/mol. The number of alkyl halides is 3. The molecular formula is C10H9F3N4OS.